The molecule has 0 amide bonds. The van der Waals surface area contributed by atoms with E-state index in [4.69, 9.17) is 0 Å². The summed E-state index contributed by atoms with van der Waals surface area (Å²) in [5, 5.41) is 0. The molecule has 0 unspecified atom stereocenters. The third-order valence-electron chi connectivity index (χ3n) is 1.72. The molecular formula is C8H8N2O. The summed E-state index contributed by atoms with van der Waals surface area (Å²) in [4.78, 5) is 16.8. The number of Topliss-reactive ketones (excluding diaryl/α,β-unsaturated/α-hetero) is 1. The molecule has 0 spiro atoms. The van der Waals surface area contributed by atoms with E-state index in [1.54, 1.807) is 0 Å². The van der Waals surface area contributed by atoms with Gasteiger partial charge >= 0.3 is 0 Å². The minimum atomic E-state index is 0.0810. The van der Waals surface area contributed by atoms with Crippen LogP contribution < -0.4 is 0 Å². The van der Waals surface area contributed by atoms with Crippen LogP contribution in [0, 0.1) is 0 Å². The highest BCUT2D eigenvalue weighted by Gasteiger charge is 2.16. The quantitative estimate of drug-likeness (QED) is 0.496. The molecule has 0 fully saturated rings. The fourth-order valence-electron chi connectivity index (χ4n) is 1.18. The molecule has 56 valence electrons. The van der Waals surface area contributed by atoms with Crippen LogP contribution in [0.25, 0.3) is 0 Å². The number of rotatable bonds is 0. The van der Waals surface area contributed by atoms with Crippen LogP contribution in [0.1, 0.15) is 0 Å². The van der Waals surface area contributed by atoms with Gasteiger partial charge in [-0.2, -0.15) is 0 Å². The molecule has 0 bridgehead atoms. The first-order chi connectivity index (χ1) is 5.36. The standard InChI is InChI=1S/C8H8N2O/c11-7-5-9-8-3-1-2-4-10(8)6-7/h1-3,5H,4,6H2. The highest BCUT2D eigenvalue weighted by atomic mass is 16.1. The number of ketones is 1. The zero-order valence-electron chi connectivity index (χ0n) is 6.03. The Balaban J connectivity index is 2.31. The maximum absolute atomic E-state index is 10.9. The van der Waals surface area contributed by atoms with Crippen molar-refractivity contribution >= 4 is 12.0 Å². The molecule has 2 heterocycles. The van der Waals surface area contributed by atoms with Crippen molar-refractivity contribution < 1.29 is 4.79 Å². The Labute approximate surface area is 64.7 Å². The zero-order valence-corrected chi connectivity index (χ0v) is 6.03. The fraction of sp³-hybridized carbons (Fsp3) is 0.250. The number of hydrogen-bond acceptors (Lipinski definition) is 3. The maximum atomic E-state index is 10.9. The van der Waals surface area contributed by atoms with Gasteiger partial charge in [-0.05, 0) is 6.08 Å². The summed E-state index contributed by atoms with van der Waals surface area (Å²) in [5.74, 6) is 0.976. The van der Waals surface area contributed by atoms with Crippen LogP contribution in [0.5, 0.6) is 0 Å². The molecule has 0 saturated carbocycles. The van der Waals surface area contributed by atoms with Crippen molar-refractivity contribution in [3.63, 3.8) is 0 Å². The van der Waals surface area contributed by atoms with E-state index in [0.29, 0.717) is 6.54 Å². The van der Waals surface area contributed by atoms with Crippen molar-refractivity contribution in [1.82, 2.24) is 4.90 Å². The van der Waals surface area contributed by atoms with Gasteiger partial charge in [0.05, 0.1) is 12.8 Å². The van der Waals surface area contributed by atoms with Gasteiger partial charge < -0.3 is 4.90 Å². The summed E-state index contributed by atoms with van der Waals surface area (Å²) < 4.78 is 0. The molecule has 0 atom stereocenters. The number of aliphatic imine (C=N–C) groups is 1. The van der Waals surface area contributed by atoms with Crippen LogP contribution in [0.2, 0.25) is 0 Å². The average Bonchev–Trinajstić information content (AvgIpc) is 2.04. The van der Waals surface area contributed by atoms with Gasteiger partial charge in [0.1, 0.15) is 5.82 Å². The summed E-state index contributed by atoms with van der Waals surface area (Å²) in [6.45, 7) is 1.27. The summed E-state index contributed by atoms with van der Waals surface area (Å²) in [6.07, 6.45) is 7.27. The van der Waals surface area contributed by atoms with E-state index in [-0.39, 0.29) is 5.78 Å². The number of carbonyl (C=O) groups excluding carboxylic acids is 1. The van der Waals surface area contributed by atoms with Crippen molar-refractivity contribution in [3.05, 3.63) is 24.0 Å². The lowest BCUT2D eigenvalue weighted by Gasteiger charge is -2.26. The lowest BCUT2D eigenvalue weighted by atomic mass is 10.2. The Morgan fingerprint density at radius 2 is 2.45 bits per heavy atom. The van der Waals surface area contributed by atoms with Crippen molar-refractivity contribution in [3.8, 4) is 0 Å². The van der Waals surface area contributed by atoms with Crippen molar-refractivity contribution in [2.45, 2.75) is 0 Å². The van der Waals surface area contributed by atoms with Crippen molar-refractivity contribution in [2.75, 3.05) is 13.1 Å². The van der Waals surface area contributed by atoms with Gasteiger partial charge in [-0.3, -0.25) is 4.79 Å². The molecule has 2 aliphatic heterocycles. The minimum absolute atomic E-state index is 0.0810. The molecule has 0 saturated heterocycles. The molecule has 11 heavy (non-hydrogen) atoms. The first-order valence-electron chi connectivity index (χ1n) is 3.55. The van der Waals surface area contributed by atoms with Crippen LogP contribution in [0.4, 0.5) is 0 Å². The normalized spacial score (nSPS) is 21.6. The Hall–Kier alpha value is -1.38. The van der Waals surface area contributed by atoms with Gasteiger partial charge in [0.25, 0.3) is 0 Å². The van der Waals surface area contributed by atoms with E-state index in [0.717, 1.165) is 12.4 Å². The van der Waals surface area contributed by atoms with Gasteiger partial charge in [0.15, 0.2) is 5.78 Å². The molecule has 0 aromatic carbocycles. The van der Waals surface area contributed by atoms with Gasteiger partial charge in [-0.25, -0.2) is 4.99 Å². The third kappa shape index (κ3) is 1.09. The maximum Gasteiger partial charge on any atom is 0.193 e. The van der Waals surface area contributed by atoms with Crippen LogP contribution in [0.3, 0.4) is 0 Å². The second-order valence-corrected chi connectivity index (χ2v) is 2.56. The topological polar surface area (TPSA) is 32.7 Å². The summed E-state index contributed by atoms with van der Waals surface area (Å²) in [7, 11) is 0. The lowest BCUT2D eigenvalue weighted by molar-refractivity contribution is -0.113. The number of hydrogen-bond donors (Lipinski definition) is 0. The van der Waals surface area contributed by atoms with Gasteiger partial charge in [0, 0.05) is 6.54 Å². The second-order valence-electron chi connectivity index (χ2n) is 2.56. The van der Waals surface area contributed by atoms with E-state index in [9.17, 15) is 4.79 Å². The first kappa shape index (κ1) is 6.34. The molecule has 0 aliphatic carbocycles. The largest absolute Gasteiger partial charge is 0.345 e. The third-order valence-corrected chi connectivity index (χ3v) is 1.72. The predicted octanol–water partition coefficient (Wildman–Crippen LogP) is 0.353. The molecular weight excluding hydrogens is 140 g/mol. The van der Waals surface area contributed by atoms with Crippen LogP contribution in [-0.4, -0.2) is 30.0 Å². The fourth-order valence-corrected chi connectivity index (χ4v) is 1.18. The summed E-state index contributed by atoms with van der Waals surface area (Å²) >= 11 is 0. The van der Waals surface area contributed by atoms with E-state index in [2.05, 4.69) is 4.99 Å². The number of nitrogens with zero attached hydrogens (tertiary/aromatic N) is 2. The van der Waals surface area contributed by atoms with E-state index in [1.807, 2.05) is 23.1 Å². The monoisotopic (exact) mass is 148 g/mol. The molecule has 0 aromatic rings. The van der Waals surface area contributed by atoms with E-state index in [1.165, 1.54) is 6.21 Å². The highest BCUT2D eigenvalue weighted by molar-refractivity contribution is 6.29. The van der Waals surface area contributed by atoms with Gasteiger partial charge in [-0.1, -0.05) is 12.2 Å². The number of carbonyl (C=O) groups is 1. The Kier molecular flexibility index (Phi) is 1.35. The highest BCUT2D eigenvalue weighted by Crippen LogP contribution is 2.12. The molecule has 0 radical (unpaired) electrons. The molecule has 2 aliphatic rings. The average molecular weight is 148 g/mol. The second kappa shape index (κ2) is 2.34. The van der Waals surface area contributed by atoms with Gasteiger partial charge in [0.2, 0.25) is 0 Å². The molecule has 3 heteroatoms. The first-order valence-corrected chi connectivity index (χ1v) is 3.55. The SMILES string of the molecule is O=C1C=NC2=CC=CCN2C1. The Morgan fingerprint density at radius 3 is 3.36 bits per heavy atom. The molecule has 0 N–H and O–H groups in total. The Morgan fingerprint density at radius 1 is 1.55 bits per heavy atom. The van der Waals surface area contributed by atoms with E-state index < -0.39 is 0 Å². The van der Waals surface area contributed by atoms with E-state index >= 15 is 0 Å². The van der Waals surface area contributed by atoms with Crippen LogP contribution in [-0.2, 0) is 4.79 Å². The zero-order chi connectivity index (χ0) is 7.68. The van der Waals surface area contributed by atoms with Crippen LogP contribution in [0.15, 0.2) is 29.0 Å². The summed E-state index contributed by atoms with van der Waals surface area (Å²) in [5.41, 5.74) is 0. The predicted molar refractivity (Wildman–Crippen MR) is 42.3 cm³/mol. The molecule has 2 rings (SSSR count). The number of allylic oxidation sites excluding steroid dienone is 2. The molecule has 3 nitrogen and oxygen atoms in total. The van der Waals surface area contributed by atoms with Crippen molar-refractivity contribution in [2.24, 2.45) is 4.99 Å². The smallest absolute Gasteiger partial charge is 0.193 e. The molecule has 0 aromatic heterocycles. The minimum Gasteiger partial charge on any atom is -0.345 e. The van der Waals surface area contributed by atoms with Crippen molar-refractivity contribution in [1.29, 1.82) is 0 Å². The lowest BCUT2D eigenvalue weighted by Crippen LogP contribution is -2.34. The van der Waals surface area contributed by atoms with Gasteiger partial charge in [-0.15, -0.1) is 0 Å². The Bertz CT molecular complexity index is 276. The summed E-state index contributed by atoms with van der Waals surface area (Å²) in [6, 6.07) is 0. The number of fused-ring (bicyclic) bond motifs is 1. The van der Waals surface area contributed by atoms with Crippen LogP contribution >= 0.6 is 0 Å².